The van der Waals surface area contributed by atoms with Crippen molar-refractivity contribution in [2.75, 3.05) is 4.72 Å². The van der Waals surface area contributed by atoms with Crippen LogP contribution in [0.2, 0.25) is 0 Å². The highest BCUT2D eigenvalue weighted by molar-refractivity contribution is 7.92. The van der Waals surface area contributed by atoms with Crippen LogP contribution in [0.3, 0.4) is 0 Å². The zero-order valence-electron chi connectivity index (χ0n) is 12.7. The molecule has 0 aliphatic carbocycles. The number of non-ortho nitro benzene ring substituents is 1. The van der Waals surface area contributed by atoms with E-state index in [0.29, 0.717) is 5.69 Å². The molecule has 0 spiro atoms. The minimum Gasteiger partial charge on any atom is -0.322 e. The molecule has 0 aliphatic heterocycles. The Morgan fingerprint density at radius 1 is 1.04 bits per heavy atom. The van der Waals surface area contributed by atoms with Gasteiger partial charge < -0.3 is 5.73 Å². The fourth-order valence-corrected chi connectivity index (χ4v) is 2.99. The predicted molar refractivity (Wildman–Crippen MR) is 87.6 cm³/mol. The maximum absolute atomic E-state index is 12.3. The lowest BCUT2D eigenvalue weighted by molar-refractivity contribution is -0.384. The van der Waals surface area contributed by atoms with Crippen LogP contribution in [0.4, 0.5) is 11.4 Å². The van der Waals surface area contributed by atoms with E-state index in [1.807, 2.05) is 13.8 Å². The van der Waals surface area contributed by atoms with Crippen molar-refractivity contribution in [3.63, 3.8) is 0 Å². The van der Waals surface area contributed by atoms with Gasteiger partial charge in [-0.1, -0.05) is 12.1 Å². The van der Waals surface area contributed by atoms with Gasteiger partial charge in [-0.25, -0.2) is 8.42 Å². The van der Waals surface area contributed by atoms with Crippen LogP contribution in [0.15, 0.2) is 53.4 Å². The minimum absolute atomic E-state index is 0.0497. The van der Waals surface area contributed by atoms with Gasteiger partial charge in [-0.15, -0.1) is 0 Å². The van der Waals surface area contributed by atoms with Crippen LogP contribution in [0, 0.1) is 10.1 Å². The number of nitrogens with zero attached hydrogens (tertiary/aromatic N) is 1. The molecule has 0 radical (unpaired) electrons. The van der Waals surface area contributed by atoms with E-state index in [0.717, 1.165) is 17.7 Å². The third-order valence-electron chi connectivity index (χ3n) is 3.24. The largest absolute Gasteiger partial charge is 0.322 e. The smallest absolute Gasteiger partial charge is 0.269 e. The third kappa shape index (κ3) is 4.05. The number of nitrogens with one attached hydrogen (secondary N) is 1. The van der Waals surface area contributed by atoms with Crippen molar-refractivity contribution in [2.24, 2.45) is 5.73 Å². The maximum atomic E-state index is 12.3. The summed E-state index contributed by atoms with van der Waals surface area (Å²) in [7, 11) is -3.81. The van der Waals surface area contributed by atoms with Crippen LogP contribution in [0.25, 0.3) is 0 Å². The van der Waals surface area contributed by atoms with Crippen LogP contribution >= 0.6 is 0 Å². The molecule has 0 atom stereocenters. The van der Waals surface area contributed by atoms with Gasteiger partial charge in [0.25, 0.3) is 15.7 Å². The Hall–Kier alpha value is -2.45. The summed E-state index contributed by atoms with van der Waals surface area (Å²) in [6.07, 6.45) is 0. The van der Waals surface area contributed by atoms with Gasteiger partial charge in [-0.3, -0.25) is 14.8 Å². The molecule has 7 nitrogen and oxygen atoms in total. The summed E-state index contributed by atoms with van der Waals surface area (Å²) in [4.78, 5) is 9.96. The van der Waals surface area contributed by atoms with Gasteiger partial charge in [0.1, 0.15) is 0 Å². The molecule has 3 N–H and O–H groups in total. The van der Waals surface area contributed by atoms with Crippen molar-refractivity contribution in [3.8, 4) is 0 Å². The van der Waals surface area contributed by atoms with Crippen molar-refractivity contribution >= 4 is 21.4 Å². The van der Waals surface area contributed by atoms with Crippen LogP contribution in [-0.2, 0) is 15.6 Å². The third-order valence-corrected chi connectivity index (χ3v) is 4.64. The fourth-order valence-electron chi connectivity index (χ4n) is 1.93. The van der Waals surface area contributed by atoms with Crippen LogP contribution in [0.5, 0.6) is 0 Å². The number of anilines is 1. The molecule has 23 heavy (non-hydrogen) atoms. The standard InChI is InChI=1S/C15H17N3O4S/c1-15(2,16)11-3-5-12(6-4-11)17-23(21,22)14-9-7-13(8-10-14)18(19)20/h3-10,17H,16H2,1-2H3. The highest BCUT2D eigenvalue weighted by atomic mass is 32.2. The first-order chi connectivity index (χ1) is 10.6. The van der Waals surface area contributed by atoms with E-state index in [1.165, 1.54) is 12.1 Å². The van der Waals surface area contributed by atoms with E-state index >= 15 is 0 Å². The van der Waals surface area contributed by atoms with E-state index in [4.69, 9.17) is 5.73 Å². The summed E-state index contributed by atoms with van der Waals surface area (Å²) in [5.41, 5.74) is 6.54. The zero-order chi connectivity index (χ0) is 17.3. The Kier molecular flexibility index (Phi) is 4.39. The van der Waals surface area contributed by atoms with Gasteiger partial charge in [0, 0.05) is 23.4 Å². The van der Waals surface area contributed by atoms with Gasteiger partial charge in [0.15, 0.2) is 0 Å². The average molecular weight is 335 g/mol. The molecule has 0 saturated heterocycles. The summed E-state index contributed by atoms with van der Waals surface area (Å²) in [5, 5.41) is 10.6. The number of hydrogen-bond donors (Lipinski definition) is 2. The summed E-state index contributed by atoms with van der Waals surface area (Å²) in [6, 6.07) is 11.4. The SMILES string of the molecule is CC(C)(N)c1ccc(NS(=O)(=O)c2ccc([N+](=O)[O-])cc2)cc1. The van der Waals surface area contributed by atoms with E-state index in [2.05, 4.69) is 4.72 Å². The highest BCUT2D eigenvalue weighted by Gasteiger charge is 2.17. The molecule has 8 heteroatoms. The van der Waals surface area contributed by atoms with Crippen molar-refractivity contribution in [1.29, 1.82) is 0 Å². The lowest BCUT2D eigenvalue weighted by Crippen LogP contribution is -2.28. The molecule has 0 unspecified atom stereocenters. The van der Waals surface area contributed by atoms with Crippen molar-refractivity contribution in [3.05, 3.63) is 64.2 Å². The molecule has 0 saturated carbocycles. The highest BCUT2D eigenvalue weighted by Crippen LogP contribution is 2.22. The molecule has 2 aromatic carbocycles. The Morgan fingerprint density at radius 3 is 2.00 bits per heavy atom. The number of nitro benzene ring substituents is 1. The topological polar surface area (TPSA) is 115 Å². The van der Waals surface area contributed by atoms with E-state index in [-0.39, 0.29) is 10.6 Å². The number of benzene rings is 2. The second-order valence-electron chi connectivity index (χ2n) is 5.66. The monoisotopic (exact) mass is 335 g/mol. The van der Waals surface area contributed by atoms with Crippen molar-refractivity contribution in [1.82, 2.24) is 0 Å². The number of rotatable bonds is 5. The van der Waals surface area contributed by atoms with Gasteiger partial charge in [0.2, 0.25) is 0 Å². The quantitative estimate of drug-likeness (QED) is 0.643. The Labute approximate surface area is 134 Å². The second kappa shape index (κ2) is 5.98. The number of sulfonamides is 1. The molecular formula is C15H17N3O4S. The number of nitro groups is 1. The summed E-state index contributed by atoms with van der Waals surface area (Å²) >= 11 is 0. The molecule has 0 bridgehead atoms. The lowest BCUT2D eigenvalue weighted by atomic mass is 9.96. The average Bonchev–Trinajstić information content (AvgIpc) is 2.46. The first-order valence-corrected chi connectivity index (χ1v) is 8.24. The summed E-state index contributed by atoms with van der Waals surface area (Å²) in [6.45, 7) is 3.70. The Bertz CT molecular complexity index is 807. The Morgan fingerprint density at radius 2 is 1.57 bits per heavy atom. The zero-order valence-corrected chi connectivity index (χ0v) is 13.5. The van der Waals surface area contributed by atoms with E-state index < -0.39 is 20.5 Å². The maximum Gasteiger partial charge on any atom is 0.269 e. The van der Waals surface area contributed by atoms with Crippen LogP contribution in [-0.4, -0.2) is 13.3 Å². The van der Waals surface area contributed by atoms with Crippen LogP contribution in [0.1, 0.15) is 19.4 Å². The Balaban J connectivity index is 2.22. The first-order valence-electron chi connectivity index (χ1n) is 6.76. The van der Waals surface area contributed by atoms with Gasteiger partial charge in [-0.05, 0) is 43.7 Å². The molecule has 0 aromatic heterocycles. The van der Waals surface area contributed by atoms with Crippen LogP contribution < -0.4 is 10.5 Å². The van der Waals surface area contributed by atoms with Gasteiger partial charge in [-0.2, -0.15) is 0 Å². The number of hydrogen-bond acceptors (Lipinski definition) is 5. The summed E-state index contributed by atoms with van der Waals surface area (Å²) in [5.74, 6) is 0. The second-order valence-corrected chi connectivity index (χ2v) is 7.34. The fraction of sp³-hybridized carbons (Fsp3) is 0.200. The predicted octanol–water partition coefficient (Wildman–Crippen LogP) is 2.59. The molecule has 2 aromatic rings. The van der Waals surface area contributed by atoms with Gasteiger partial charge >= 0.3 is 0 Å². The summed E-state index contributed by atoms with van der Waals surface area (Å²) < 4.78 is 26.9. The van der Waals surface area contributed by atoms with Gasteiger partial charge in [0.05, 0.1) is 9.82 Å². The molecule has 2 rings (SSSR count). The number of nitrogens with two attached hydrogens (primary N) is 1. The van der Waals surface area contributed by atoms with E-state index in [9.17, 15) is 18.5 Å². The normalized spacial score (nSPS) is 12.0. The van der Waals surface area contributed by atoms with E-state index in [1.54, 1.807) is 24.3 Å². The minimum atomic E-state index is -3.81. The van der Waals surface area contributed by atoms with Crippen molar-refractivity contribution in [2.45, 2.75) is 24.3 Å². The first kappa shape index (κ1) is 16.9. The molecule has 122 valence electrons. The molecule has 0 heterocycles. The molecule has 0 aliphatic rings. The molecule has 0 amide bonds. The lowest BCUT2D eigenvalue weighted by Gasteiger charge is -2.19. The molecular weight excluding hydrogens is 318 g/mol. The van der Waals surface area contributed by atoms with Crippen molar-refractivity contribution < 1.29 is 13.3 Å². The molecule has 0 fully saturated rings.